The standard InChI is InChI=1S/C9H11NO2.C6H13NO2.C2H5NO2/c10-8(9(11)12)6-7-4-2-1-3-5-7;1-3-4(2)5(7)6(8)9;3-1-2(4)5/h1-5,8H,6,10H2,(H,11,12);4-5H,3,7H2,1-2H3,(H,8,9);1,3H2,(H,4,5)/t8-;4-,5-;/m00./s1. The van der Waals surface area contributed by atoms with Gasteiger partial charge in [0.2, 0.25) is 0 Å². The number of carbonyl (C=O) groups is 3. The molecular weight excluding hydrogens is 342 g/mol. The second-order valence-corrected chi connectivity index (χ2v) is 5.48. The van der Waals surface area contributed by atoms with E-state index in [1.54, 1.807) is 0 Å². The highest BCUT2D eigenvalue weighted by molar-refractivity contribution is 5.73. The molecule has 0 heterocycles. The summed E-state index contributed by atoms with van der Waals surface area (Å²) in [4.78, 5) is 29.8. The molecule has 1 aromatic carbocycles. The fraction of sp³-hybridized carbons (Fsp3) is 0.471. The quantitative estimate of drug-likeness (QED) is 0.386. The van der Waals surface area contributed by atoms with Gasteiger partial charge in [-0.2, -0.15) is 0 Å². The van der Waals surface area contributed by atoms with Crippen molar-refractivity contribution in [3.63, 3.8) is 0 Å². The van der Waals surface area contributed by atoms with Gasteiger partial charge in [-0.15, -0.1) is 0 Å². The molecule has 0 aliphatic heterocycles. The summed E-state index contributed by atoms with van der Waals surface area (Å²) in [6.07, 6.45) is 1.20. The fourth-order valence-corrected chi connectivity index (χ4v) is 1.45. The summed E-state index contributed by atoms with van der Waals surface area (Å²) in [6.45, 7) is 3.48. The first-order valence-corrected chi connectivity index (χ1v) is 7.99. The maximum Gasteiger partial charge on any atom is 0.320 e. The van der Waals surface area contributed by atoms with E-state index in [1.165, 1.54) is 0 Å². The minimum absolute atomic E-state index is 0.0718. The van der Waals surface area contributed by atoms with Crippen molar-refractivity contribution in [1.82, 2.24) is 0 Å². The molecule has 0 unspecified atom stereocenters. The molecule has 0 aliphatic carbocycles. The Kier molecular flexibility index (Phi) is 14.7. The van der Waals surface area contributed by atoms with Crippen LogP contribution in [0.4, 0.5) is 0 Å². The minimum atomic E-state index is -0.968. The van der Waals surface area contributed by atoms with Gasteiger partial charge in [0.25, 0.3) is 0 Å². The van der Waals surface area contributed by atoms with E-state index in [0.29, 0.717) is 6.42 Å². The van der Waals surface area contributed by atoms with Crippen molar-refractivity contribution in [1.29, 1.82) is 0 Å². The van der Waals surface area contributed by atoms with E-state index in [-0.39, 0.29) is 12.5 Å². The number of hydrogen-bond donors (Lipinski definition) is 6. The molecule has 148 valence electrons. The van der Waals surface area contributed by atoms with Crippen molar-refractivity contribution in [2.75, 3.05) is 6.54 Å². The molecule has 1 aromatic rings. The lowest BCUT2D eigenvalue weighted by molar-refractivity contribution is -0.140. The Balaban J connectivity index is 0. The van der Waals surface area contributed by atoms with E-state index in [2.05, 4.69) is 5.73 Å². The Hall–Kier alpha value is -2.49. The first-order chi connectivity index (χ1) is 12.1. The molecule has 0 bridgehead atoms. The van der Waals surface area contributed by atoms with Crippen LogP contribution in [0.3, 0.4) is 0 Å². The maximum atomic E-state index is 10.4. The summed E-state index contributed by atoms with van der Waals surface area (Å²) in [5, 5.41) is 24.5. The lowest BCUT2D eigenvalue weighted by Gasteiger charge is -2.11. The summed E-state index contributed by atoms with van der Waals surface area (Å²) in [5.74, 6) is -2.77. The lowest BCUT2D eigenvalue weighted by atomic mass is 10.0. The molecule has 0 saturated heterocycles. The number of carboxylic acids is 3. The number of hydrogen-bond acceptors (Lipinski definition) is 6. The average Bonchev–Trinajstić information content (AvgIpc) is 2.62. The van der Waals surface area contributed by atoms with Crippen LogP contribution < -0.4 is 17.2 Å². The Bertz CT molecular complexity index is 539. The van der Waals surface area contributed by atoms with Crippen LogP contribution in [0.2, 0.25) is 0 Å². The van der Waals surface area contributed by atoms with Gasteiger partial charge >= 0.3 is 17.9 Å². The van der Waals surface area contributed by atoms with Gasteiger partial charge < -0.3 is 32.5 Å². The van der Waals surface area contributed by atoms with Gasteiger partial charge in [0.05, 0.1) is 6.54 Å². The van der Waals surface area contributed by atoms with Crippen LogP contribution in [0.25, 0.3) is 0 Å². The Morgan fingerprint density at radius 2 is 1.46 bits per heavy atom. The fourth-order valence-electron chi connectivity index (χ4n) is 1.45. The van der Waals surface area contributed by atoms with Crippen molar-refractivity contribution in [2.24, 2.45) is 23.1 Å². The second-order valence-electron chi connectivity index (χ2n) is 5.48. The van der Waals surface area contributed by atoms with Gasteiger partial charge in [-0.05, 0) is 17.9 Å². The molecule has 3 atom stereocenters. The van der Waals surface area contributed by atoms with Crippen molar-refractivity contribution in [3.05, 3.63) is 35.9 Å². The van der Waals surface area contributed by atoms with E-state index < -0.39 is 30.0 Å². The van der Waals surface area contributed by atoms with Gasteiger partial charge in [-0.3, -0.25) is 14.4 Å². The van der Waals surface area contributed by atoms with Crippen LogP contribution in [0.1, 0.15) is 25.8 Å². The van der Waals surface area contributed by atoms with E-state index in [1.807, 2.05) is 44.2 Å². The Morgan fingerprint density at radius 3 is 1.73 bits per heavy atom. The molecular formula is C17H29N3O6. The van der Waals surface area contributed by atoms with Crippen molar-refractivity contribution in [2.45, 2.75) is 38.8 Å². The molecule has 0 fully saturated rings. The number of aliphatic carboxylic acids is 3. The predicted molar refractivity (Wildman–Crippen MR) is 97.5 cm³/mol. The number of rotatable bonds is 7. The molecule has 0 spiro atoms. The summed E-state index contributed by atoms with van der Waals surface area (Å²) >= 11 is 0. The number of nitrogens with two attached hydrogens (primary N) is 3. The highest BCUT2D eigenvalue weighted by Crippen LogP contribution is 2.04. The van der Waals surface area contributed by atoms with E-state index in [4.69, 9.17) is 26.8 Å². The molecule has 26 heavy (non-hydrogen) atoms. The number of benzene rings is 1. The van der Waals surface area contributed by atoms with Crippen LogP contribution in [-0.2, 0) is 20.8 Å². The van der Waals surface area contributed by atoms with Crippen molar-refractivity contribution < 1.29 is 29.7 Å². The van der Waals surface area contributed by atoms with Crippen LogP contribution in [0.5, 0.6) is 0 Å². The molecule has 0 radical (unpaired) electrons. The number of carboxylic acid groups (broad SMARTS) is 3. The molecule has 0 saturated carbocycles. The summed E-state index contributed by atoms with van der Waals surface area (Å²) in [7, 11) is 0. The molecule has 1 rings (SSSR count). The third kappa shape index (κ3) is 13.9. The maximum absolute atomic E-state index is 10.4. The molecule has 0 amide bonds. The van der Waals surface area contributed by atoms with E-state index >= 15 is 0 Å². The summed E-state index contributed by atoms with van der Waals surface area (Å²) in [5.41, 5.74) is 16.1. The van der Waals surface area contributed by atoms with Gasteiger partial charge in [0, 0.05) is 0 Å². The third-order valence-corrected chi connectivity index (χ3v) is 3.33. The normalized spacial score (nSPS) is 13.0. The summed E-state index contributed by atoms with van der Waals surface area (Å²) < 4.78 is 0. The summed E-state index contributed by atoms with van der Waals surface area (Å²) in [6, 6.07) is 7.84. The van der Waals surface area contributed by atoms with Crippen LogP contribution >= 0.6 is 0 Å². The highest BCUT2D eigenvalue weighted by atomic mass is 16.4. The first kappa shape index (κ1) is 25.7. The molecule has 0 aromatic heterocycles. The first-order valence-electron chi connectivity index (χ1n) is 7.99. The zero-order valence-corrected chi connectivity index (χ0v) is 15.0. The zero-order valence-electron chi connectivity index (χ0n) is 15.0. The Labute approximate surface area is 152 Å². The van der Waals surface area contributed by atoms with Gasteiger partial charge in [-0.25, -0.2) is 0 Å². The Morgan fingerprint density at radius 1 is 1.00 bits per heavy atom. The van der Waals surface area contributed by atoms with E-state index in [0.717, 1.165) is 12.0 Å². The average molecular weight is 371 g/mol. The highest BCUT2D eigenvalue weighted by Gasteiger charge is 2.17. The van der Waals surface area contributed by atoms with Gasteiger partial charge in [0.1, 0.15) is 12.1 Å². The van der Waals surface area contributed by atoms with Gasteiger partial charge in [0.15, 0.2) is 0 Å². The molecule has 0 aliphatic rings. The van der Waals surface area contributed by atoms with Crippen LogP contribution in [-0.4, -0.2) is 51.9 Å². The largest absolute Gasteiger partial charge is 0.480 e. The molecule has 9 N–H and O–H groups in total. The predicted octanol–water partition coefficient (Wildman–Crippen LogP) is 0.115. The zero-order chi connectivity index (χ0) is 20.7. The van der Waals surface area contributed by atoms with Crippen molar-refractivity contribution in [3.8, 4) is 0 Å². The van der Waals surface area contributed by atoms with Gasteiger partial charge in [-0.1, -0.05) is 50.6 Å². The monoisotopic (exact) mass is 371 g/mol. The third-order valence-electron chi connectivity index (χ3n) is 3.33. The van der Waals surface area contributed by atoms with Crippen molar-refractivity contribution >= 4 is 17.9 Å². The van der Waals surface area contributed by atoms with E-state index in [9.17, 15) is 14.4 Å². The lowest BCUT2D eigenvalue weighted by Crippen LogP contribution is -2.36. The second kappa shape index (κ2) is 14.8. The molecule has 9 nitrogen and oxygen atoms in total. The topological polar surface area (TPSA) is 190 Å². The van der Waals surface area contributed by atoms with Crippen LogP contribution in [0, 0.1) is 5.92 Å². The smallest absolute Gasteiger partial charge is 0.320 e. The van der Waals surface area contributed by atoms with Crippen LogP contribution in [0.15, 0.2) is 30.3 Å². The SMILES string of the molecule is CC[C@H](C)[C@H](N)C(=O)O.NCC(=O)O.N[C@@H](Cc1ccccc1)C(=O)O. The molecule has 9 heteroatoms. The minimum Gasteiger partial charge on any atom is -0.480 e.